The number of carbonyl (C=O) groups excluding carboxylic acids is 1. The third kappa shape index (κ3) is 2.55. The molecule has 0 atom stereocenters. The average Bonchev–Trinajstić information content (AvgIpc) is 3.00. The Balaban J connectivity index is 2.31. The van der Waals surface area contributed by atoms with Crippen molar-refractivity contribution in [2.45, 2.75) is 20.8 Å². The van der Waals surface area contributed by atoms with Crippen LogP contribution in [0.25, 0.3) is 20.7 Å². The molecule has 2 aromatic heterocycles. The van der Waals surface area contributed by atoms with Crippen molar-refractivity contribution in [1.29, 1.82) is 0 Å². The molecule has 3 rings (SSSR count). The fraction of sp³-hybridized carbons (Fsp3) is 0.263. The number of methoxy groups -OCH3 is 1. The van der Waals surface area contributed by atoms with E-state index < -0.39 is 5.97 Å². The maximum atomic E-state index is 12.1. The molecule has 0 unspecified atom stereocenters. The van der Waals surface area contributed by atoms with Crippen LogP contribution < -0.4 is 5.56 Å². The van der Waals surface area contributed by atoms with Crippen LogP contribution in [-0.2, 0) is 11.8 Å². The van der Waals surface area contributed by atoms with E-state index in [4.69, 9.17) is 4.74 Å². The predicted molar refractivity (Wildman–Crippen MR) is 98.1 cm³/mol. The van der Waals surface area contributed by atoms with E-state index in [-0.39, 0.29) is 5.56 Å². The van der Waals surface area contributed by atoms with Gasteiger partial charge >= 0.3 is 5.97 Å². The van der Waals surface area contributed by atoms with E-state index >= 15 is 0 Å². The van der Waals surface area contributed by atoms with Crippen LogP contribution in [0.3, 0.4) is 0 Å². The number of thiophene rings is 1. The Morgan fingerprint density at radius 1 is 1.08 bits per heavy atom. The normalized spacial score (nSPS) is 11.0. The lowest BCUT2D eigenvalue weighted by Crippen LogP contribution is -2.18. The zero-order valence-corrected chi connectivity index (χ0v) is 15.2. The average molecular weight is 341 g/mol. The molecule has 0 aliphatic heterocycles. The highest BCUT2D eigenvalue weighted by Gasteiger charge is 2.18. The molecule has 24 heavy (non-hydrogen) atoms. The molecule has 2 heterocycles. The first kappa shape index (κ1) is 16.5. The molecule has 1 aromatic carbocycles. The molecular weight excluding hydrogens is 322 g/mol. The van der Waals surface area contributed by atoms with Gasteiger partial charge in [-0.2, -0.15) is 0 Å². The molecule has 5 heteroatoms. The van der Waals surface area contributed by atoms with Gasteiger partial charge in [0.05, 0.1) is 22.9 Å². The van der Waals surface area contributed by atoms with Crippen LogP contribution in [0.5, 0.6) is 0 Å². The number of rotatable bonds is 2. The van der Waals surface area contributed by atoms with Crippen LogP contribution in [0.2, 0.25) is 0 Å². The lowest BCUT2D eigenvalue weighted by atomic mass is 10.00. The highest BCUT2D eigenvalue weighted by Crippen LogP contribution is 2.36. The summed E-state index contributed by atoms with van der Waals surface area (Å²) in [4.78, 5) is 25.2. The third-order valence-electron chi connectivity index (χ3n) is 4.53. The molecule has 0 radical (unpaired) electrons. The molecule has 0 spiro atoms. The van der Waals surface area contributed by atoms with Gasteiger partial charge in [-0.3, -0.25) is 4.79 Å². The van der Waals surface area contributed by atoms with Gasteiger partial charge in [0, 0.05) is 18.0 Å². The summed E-state index contributed by atoms with van der Waals surface area (Å²) in [5.74, 6) is -0.484. The van der Waals surface area contributed by atoms with Gasteiger partial charge in [-0.1, -0.05) is 12.1 Å². The van der Waals surface area contributed by atoms with Gasteiger partial charge in [0.2, 0.25) is 0 Å². The lowest BCUT2D eigenvalue weighted by Gasteiger charge is -2.07. The number of ether oxygens (including phenoxy) is 1. The second kappa shape index (κ2) is 5.91. The molecule has 0 amide bonds. The minimum absolute atomic E-state index is 0.219. The zero-order chi connectivity index (χ0) is 17.6. The first-order chi connectivity index (χ1) is 11.3. The van der Waals surface area contributed by atoms with Gasteiger partial charge < -0.3 is 9.30 Å². The first-order valence-electron chi connectivity index (χ1n) is 7.63. The first-order valence-corrected chi connectivity index (χ1v) is 8.45. The molecule has 0 fully saturated rings. The third-order valence-corrected chi connectivity index (χ3v) is 5.74. The molecule has 3 aromatic rings. The molecular formula is C19H19NO3S. The van der Waals surface area contributed by atoms with Crippen LogP contribution >= 0.6 is 11.3 Å². The van der Waals surface area contributed by atoms with Crippen molar-refractivity contribution in [2.24, 2.45) is 7.05 Å². The summed E-state index contributed by atoms with van der Waals surface area (Å²) in [5.41, 5.74) is 5.69. The Kier molecular flexibility index (Phi) is 4.05. The molecule has 4 nitrogen and oxygen atoms in total. The van der Waals surface area contributed by atoms with Crippen molar-refractivity contribution < 1.29 is 9.53 Å². The van der Waals surface area contributed by atoms with Crippen molar-refractivity contribution >= 4 is 27.5 Å². The van der Waals surface area contributed by atoms with Crippen LogP contribution in [0.4, 0.5) is 0 Å². The van der Waals surface area contributed by atoms with E-state index in [0.717, 1.165) is 20.7 Å². The number of aryl methyl sites for hydroxylation is 3. The maximum Gasteiger partial charge on any atom is 0.339 e. The number of aromatic nitrogens is 1. The molecule has 0 N–H and O–H groups in total. The van der Waals surface area contributed by atoms with Crippen molar-refractivity contribution in [2.75, 3.05) is 7.11 Å². The summed E-state index contributed by atoms with van der Waals surface area (Å²) < 4.78 is 7.17. The van der Waals surface area contributed by atoms with Gasteiger partial charge in [0.25, 0.3) is 5.56 Å². The number of hydrogen-bond acceptors (Lipinski definition) is 4. The zero-order valence-electron chi connectivity index (χ0n) is 14.4. The van der Waals surface area contributed by atoms with Crippen LogP contribution in [0, 0.1) is 20.8 Å². The summed E-state index contributed by atoms with van der Waals surface area (Å²) in [6, 6.07) is 7.60. The summed E-state index contributed by atoms with van der Waals surface area (Å²) >= 11 is 1.51. The topological polar surface area (TPSA) is 48.3 Å². The summed E-state index contributed by atoms with van der Waals surface area (Å²) in [6.07, 6.45) is 0. The maximum absolute atomic E-state index is 12.1. The number of pyridine rings is 1. The lowest BCUT2D eigenvalue weighted by molar-refractivity contribution is 0.0603. The van der Waals surface area contributed by atoms with E-state index in [1.54, 1.807) is 11.6 Å². The number of benzene rings is 1. The Bertz CT molecular complexity index is 1000. The molecule has 124 valence electrons. The minimum Gasteiger partial charge on any atom is -0.465 e. The second-order valence-electron chi connectivity index (χ2n) is 6.01. The largest absolute Gasteiger partial charge is 0.465 e. The van der Waals surface area contributed by atoms with Crippen molar-refractivity contribution in [3.05, 3.63) is 56.9 Å². The molecule has 0 aliphatic rings. The Morgan fingerprint density at radius 2 is 1.71 bits per heavy atom. The van der Waals surface area contributed by atoms with Crippen molar-refractivity contribution in [1.82, 2.24) is 4.57 Å². The second-order valence-corrected chi connectivity index (χ2v) is 7.06. The van der Waals surface area contributed by atoms with E-state index in [1.165, 1.54) is 41.2 Å². The number of esters is 1. The van der Waals surface area contributed by atoms with Crippen LogP contribution in [0.1, 0.15) is 27.0 Å². The summed E-state index contributed by atoms with van der Waals surface area (Å²) in [6.45, 7) is 6.29. The van der Waals surface area contributed by atoms with E-state index in [1.807, 2.05) is 6.07 Å². The number of fused-ring (bicyclic) bond motifs is 1. The Morgan fingerprint density at radius 3 is 2.29 bits per heavy atom. The smallest absolute Gasteiger partial charge is 0.339 e. The molecule has 0 aliphatic carbocycles. The van der Waals surface area contributed by atoms with Crippen molar-refractivity contribution in [3.8, 4) is 10.4 Å². The van der Waals surface area contributed by atoms with Gasteiger partial charge in [0.1, 0.15) is 0 Å². The fourth-order valence-electron chi connectivity index (χ4n) is 2.81. The highest BCUT2D eigenvalue weighted by atomic mass is 32.1. The van der Waals surface area contributed by atoms with E-state index in [2.05, 4.69) is 32.9 Å². The minimum atomic E-state index is -0.484. The van der Waals surface area contributed by atoms with Gasteiger partial charge in [0.15, 0.2) is 0 Å². The highest BCUT2D eigenvalue weighted by molar-refractivity contribution is 7.22. The summed E-state index contributed by atoms with van der Waals surface area (Å²) in [7, 11) is 3.04. The fourth-order valence-corrected chi connectivity index (χ4v) is 3.99. The predicted octanol–water partition coefficient (Wildman–Crippen LogP) is 3.98. The van der Waals surface area contributed by atoms with E-state index in [0.29, 0.717) is 5.56 Å². The molecule has 0 saturated carbocycles. The Labute approximate surface area is 144 Å². The SMILES string of the molecule is COC(=O)c1cc(=O)n(C)c2cc(-c3cc(C)c(C)c(C)c3)sc12. The van der Waals surface area contributed by atoms with E-state index in [9.17, 15) is 9.59 Å². The Hall–Kier alpha value is -2.40. The van der Waals surface area contributed by atoms with Crippen LogP contribution in [-0.4, -0.2) is 17.6 Å². The number of carbonyl (C=O) groups is 1. The number of hydrogen-bond donors (Lipinski definition) is 0. The molecule has 0 bridgehead atoms. The monoisotopic (exact) mass is 341 g/mol. The quantitative estimate of drug-likeness (QED) is 0.663. The number of nitrogens with zero attached hydrogens (tertiary/aromatic N) is 1. The van der Waals surface area contributed by atoms with Crippen LogP contribution in [0.15, 0.2) is 29.1 Å². The van der Waals surface area contributed by atoms with Crippen molar-refractivity contribution in [3.63, 3.8) is 0 Å². The standard InChI is InChI=1S/C19H19NO3S/c1-10-6-13(7-11(2)12(10)3)16-9-15-18(24-16)14(19(22)23-5)8-17(21)20(15)4/h6-9H,1-5H3. The van der Waals surface area contributed by atoms with Gasteiger partial charge in [-0.25, -0.2) is 4.79 Å². The van der Waals surface area contributed by atoms with Gasteiger partial charge in [-0.05, 0) is 49.1 Å². The molecule has 0 saturated heterocycles. The summed E-state index contributed by atoms with van der Waals surface area (Å²) in [5, 5.41) is 0. The van der Waals surface area contributed by atoms with Gasteiger partial charge in [-0.15, -0.1) is 11.3 Å².